The number of thiophene rings is 1. The second kappa shape index (κ2) is 9.98. The molecule has 4 rings (SSSR count). The average Bonchev–Trinajstić information content (AvgIpc) is 3.11. The molecule has 5 nitrogen and oxygen atoms in total. The molecule has 0 bridgehead atoms. The summed E-state index contributed by atoms with van der Waals surface area (Å²) < 4.78 is 11.7. The van der Waals surface area contributed by atoms with Crippen molar-refractivity contribution in [3.8, 4) is 5.75 Å². The van der Waals surface area contributed by atoms with Crippen LogP contribution in [0.2, 0.25) is 0 Å². The van der Waals surface area contributed by atoms with E-state index in [9.17, 15) is 4.79 Å². The molecule has 2 heterocycles. The van der Waals surface area contributed by atoms with Gasteiger partial charge in [-0.2, -0.15) is 0 Å². The first-order chi connectivity index (χ1) is 15.8. The Morgan fingerprint density at radius 1 is 1.09 bits per heavy atom. The van der Waals surface area contributed by atoms with Crippen LogP contribution >= 0.6 is 11.3 Å². The second-order valence-corrected chi connectivity index (χ2v) is 10.5. The minimum absolute atomic E-state index is 0.310. The van der Waals surface area contributed by atoms with E-state index in [2.05, 4.69) is 29.2 Å². The van der Waals surface area contributed by atoms with Gasteiger partial charge in [-0.05, 0) is 56.4 Å². The number of carbonyl (C=O) groups is 1. The van der Waals surface area contributed by atoms with E-state index >= 15 is 0 Å². The number of benzene rings is 2. The molecule has 0 fully saturated rings. The smallest absolute Gasteiger partial charge is 0.341 e. The number of hydrogen-bond donors (Lipinski definition) is 1. The van der Waals surface area contributed by atoms with Crippen LogP contribution in [0.5, 0.6) is 5.75 Å². The number of ether oxygens (including phenoxy) is 2. The third-order valence-corrected chi connectivity index (χ3v) is 6.72. The number of fused-ring (bicyclic) bond motifs is 1. The summed E-state index contributed by atoms with van der Waals surface area (Å²) in [5, 5.41) is 0.566. The zero-order valence-corrected chi connectivity index (χ0v) is 20.4. The first-order valence-corrected chi connectivity index (χ1v) is 12.2. The lowest BCUT2D eigenvalue weighted by atomic mass is 10.0. The molecular formula is C27H32N2O3S. The second-order valence-electron chi connectivity index (χ2n) is 9.40. The van der Waals surface area contributed by atoms with Crippen molar-refractivity contribution in [3.05, 3.63) is 81.7 Å². The summed E-state index contributed by atoms with van der Waals surface area (Å²) in [6.07, 6.45) is 1.71. The van der Waals surface area contributed by atoms with Crippen LogP contribution in [-0.4, -0.2) is 29.6 Å². The molecular weight excluding hydrogens is 432 g/mol. The molecule has 1 aliphatic heterocycles. The van der Waals surface area contributed by atoms with Crippen LogP contribution in [0.1, 0.15) is 52.7 Å². The van der Waals surface area contributed by atoms with Crippen molar-refractivity contribution in [1.29, 1.82) is 0 Å². The van der Waals surface area contributed by atoms with Gasteiger partial charge < -0.3 is 15.2 Å². The molecule has 0 radical (unpaired) electrons. The molecule has 1 aliphatic rings. The van der Waals surface area contributed by atoms with Gasteiger partial charge in [0.15, 0.2) is 0 Å². The van der Waals surface area contributed by atoms with E-state index in [1.54, 1.807) is 0 Å². The van der Waals surface area contributed by atoms with Crippen molar-refractivity contribution in [2.24, 2.45) is 0 Å². The number of nitrogens with zero attached hydrogens (tertiary/aromatic N) is 1. The number of hydrogen-bond acceptors (Lipinski definition) is 6. The molecule has 0 atom stereocenters. The molecule has 2 aromatic carbocycles. The van der Waals surface area contributed by atoms with Crippen LogP contribution < -0.4 is 10.5 Å². The zero-order chi connectivity index (χ0) is 23.4. The molecule has 33 heavy (non-hydrogen) atoms. The zero-order valence-electron chi connectivity index (χ0n) is 19.6. The minimum atomic E-state index is -0.533. The van der Waals surface area contributed by atoms with Gasteiger partial charge in [-0.15, -0.1) is 11.3 Å². The molecule has 0 saturated heterocycles. The predicted octanol–water partition coefficient (Wildman–Crippen LogP) is 5.47. The maximum absolute atomic E-state index is 12.7. The summed E-state index contributed by atoms with van der Waals surface area (Å²) in [6, 6.07) is 18.5. The molecule has 174 valence electrons. The van der Waals surface area contributed by atoms with E-state index in [0.717, 1.165) is 49.4 Å². The van der Waals surface area contributed by atoms with Gasteiger partial charge in [0, 0.05) is 24.5 Å². The number of esters is 1. The Morgan fingerprint density at radius 2 is 1.82 bits per heavy atom. The predicted molar refractivity (Wildman–Crippen MR) is 134 cm³/mol. The first-order valence-electron chi connectivity index (χ1n) is 11.4. The summed E-state index contributed by atoms with van der Waals surface area (Å²) in [5.41, 5.74) is 9.71. The van der Waals surface area contributed by atoms with Crippen molar-refractivity contribution in [2.75, 3.05) is 18.8 Å². The van der Waals surface area contributed by atoms with Gasteiger partial charge in [0.2, 0.25) is 0 Å². The molecule has 6 heteroatoms. The Balaban J connectivity index is 1.38. The summed E-state index contributed by atoms with van der Waals surface area (Å²) in [7, 11) is 0. The Hall–Kier alpha value is -2.83. The average molecular weight is 465 g/mol. The molecule has 2 N–H and O–H groups in total. The highest BCUT2D eigenvalue weighted by atomic mass is 32.1. The fourth-order valence-corrected chi connectivity index (χ4v) is 5.24. The van der Waals surface area contributed by atoms with Crippen LogP contribution in [0, 0.1) is 0 Å². The van der Waals surface area contributed by atoms with E-state index in [1.807, 2.05) is 51.1 Å². The van der Waals surface area contributed by atoms with E-state index in [1.165, 1.54) is 21.8 Å². The van der Waals surface area contributed by atoms with Crippen LogP contribution in [0.15, 0.2) is 54.6 Å². The van der Waals surface area contributed by atoms with Crippen LogP contribution in [-0.2, 0) is 30.7 Å². The topological polar surface area (TPSA) is 64.8 Å². The Bertz CT molecular complexity index is 1100. The quantitative estimate of drug-likeness (QED) is 0.470. The van der Waals surface area contributed by atoms with Gasteiger partial charge >= 0.3 is 5.97 Å². The monoisotopic (exact) mass is 464 g/mol. The van der Waals surface area contributed by atoms with E-state index in [0.29, 0.717) is 17.2 Å². The van der Waals surface area contributed by atoms with E-state index in [4.69, 9.17) is 15.2 Å². The molecule has 0 spiro atoms. The maximum atomic E-state index is 12.7. The lowest BCUT2D eigenvalue weighted by Gasteiger charge is -2.27. The summed E-state index contributed by atoms with van der Waals surface area (Å²) >= 11 is 1.52. The van der Waals surface area contributed by atoms with Crippen LogP contribution in [0.4, 0.5) is 5.00 Å². The number of nitrogens with two attached hydrogens (primary N) is 1. The highest BCUT2D eigenvalue weighted by Crippen LogP contribution is 2.36. The number of anilines is 1. The molecule has 3 aromatic rings. The molecule has 1 aromatic heterocycles. The van der Waals surface area contributed by atoms with Crippen molar-refractivity contribution in [1.82, 2.24) is 4.90 Å². The highest BCUT2D eigenvalue weighted by molar-refractivity contribution is 7.16. The van der Waals surface area contributed by atoms with Gasteiger partial charge in [-0.3, -0.25) is 4.90 Å². The number of carbonyl (C=O) groups excluding carboxylic acids is 1. The number of nitrogen functional groups attached to an aromatic ring is 1. The van der Waals surface area contributed by atoms with Crippen molar-refractivity contribution < 1.29 is 14.3 Å². The third kappa shape index (κ3) is 5.95. The fraction of sp³-hybridized carbons (Fsp3) is 0.370. The van der Waals surface area contributed by atoms with Gasteiger partial charge in [0.1, 0.15) is 23.0 Å². The van der Waals surface area contributed by atoms with Crippen molar-refractivity contribution in [2.45, 2.75) is 52.4 Å². The summed E-state index contributed by atoms with van der Waals surface area (Å²) in [6.45, 7) is 8.82. The highest BCUT2D eigenvalue weighted by Gasteiger charge is 2.29. The number of para-hydroxylation sites is 1. The normalized spacial score (nSPS) is 14.0. The first kappa shape index (κ1) is 23.3. The maximum Gasteiger partial charge on any atom is 0.341 e. The summed E-state index contributed by atoms with van der Waals surface area (Å²) in [5.74, 6) is 0.627. The molecule has 0 saturated carbocycles. The standard InChI is InChI=1S/C27H32N2O3S/c1-27(2,3)32-26(30)24-21-14-16-29(17-23(21)33-25(24)28)15-13-20-11-7-8-12-22(20)31-18-19-9-5-4-6-10-19/h4-12H,13-18,28H2,1-3H3. The SMILES string of the molecule is CC(C)(C)OC(=O)c1c(N)sc2c1CCN(CCc1ccccc1OCc1ccccc1)C2. The lowest BCUT2D eigenvalue weighted by molar-refractivity contribution is 0.00695. The third-order valence-electron chi connectivity index (χ3n) is 5.67. The molecule has 0 unspecified atom stereocenters. The van der Waals surface area contributed by atoms with Gasteiger partial charge in [-0.1, -0.05) is 48.5 Å². The Kier molecular flexibility index (Phi) is 7.05. The van der Waals surface area contributed by atoms with E-state index in [-0.39, 0.29) is 5.97 Å². The van der Waals surface area contributed by atoms with Crippen molar-refractivity contribution in [3.63, 3.8) is 0 Å². The molecule has 0 amide bonds. The fourth-order valence-electron chi connectivity index (χ4n) is 4.09. The molecule has 0 aliphatic carbocycles. The number of rotatable bonds is 7. The summed E-state index contributed by atoms with van der Waals surface area (Å²) in [4.78, 5) is 16.3. The van der Waals surface area contributed by atoms with Gasteiger partial charge in [0.05, 0.1) is 5.56 Å². The largest absolute Gasteiger partial charge is 0.489 e. The lowest BCUT2D eigenvalue weighted by Crippen LogP contribution is -2.32. The van der Waals surface area contributed by atoms with Gasteiger partial charge in [-0.25, -0.2) is 4.79 Å². The minimum Gasteiger partial charge on any atom is -0.489 e. The Labute approximate surface area is 200 Å². The van der Waals surface area contributed by atoms with Gasteiger partial charge in [0.25, 0.3) is 0 Å². The van der Waals surface area contributed by atoms with Crippen molar-refractivity contribution >= 4 is 22.3 Å². The Morgan fingerprint density at radius 3 is 2.58 bits per heavy atom. The van der Waals surface area contributed by atoms with E-state index < -0.39 is 5.60 Å². The van der Waals surface area contributed by atoms with Crippen LogP contribution in [0.25, 0.3) is 0 Å². The van der Waals surface area contributed by atoms with Crippen LogP contribution in [0.3, 0.4) is 0 Å².